The summed E-state index contributed by atoms with van der Waals surface area (Å²) in [6, 6.07) is 9.58. The van der Waals surface area contributed by atoms with Gasteiger partial charge in [-0.25, -0.2) is 0 Å². The van der Waals surface area contributed by atoms with Crippen molar-refractivity contribution >= 4 is 5.91 Å². The fraction of sp³-hybridized carbons (Fsp3) is 0.500. The predicted molar refractivity (Wildman–Crippen MR) is 76.3 cm³/mol. The van der Waals surface area contributed by atoms with E-state index in [1.54, 1.807) is 24.3 Å². The van der Waals surface area contributed by atoms with Gasteiger partial charge in [0.1, 0.15) is 11.8 Å². The second kappa shape index (κ2) is 6.42. The number of nitriles is 1. The normalized spacial score (nSPS) is 22.1. The number of rotatable bonds is 3. The smallest absolute Gasteiger partial charge is 0.260 e. The molecule has 2 atom stereocenters. The maximum absolute atomic E-state index is 12.3. The van der Waals surface area contributed by atoms with Gasteiger partial charge in [0, 0.05) is 12.1 Å². The number of carbonyl (C=O) groups excluding carboxylic acids is 1. The Morgan fingerprint density at radius 1 is 1.35 bits per heavy atom. The molecule has 0 N–H and O–H groups in total. The van der Waals surface area contributed by atoms with Gasteiger partial charge in [-0.3, -0.25) is 4.79 Å². The molecule has 1 aliphatic rings. The number of para-hydroxylation sites is 1. The molecule has 4 heteroatoms. The van der Waals surface area contributed by atoms with E-state index in [1.807, 2.05) is 4.90 Å². The average molecular weight is 272 g/mol. The predicted octanol–water partition coefficient (Wildman–Crippen LogP) is 2.73. The largest absolute Gasteiger partial charge is 0.482 e. The molecule has 0 spiro atoms. The van der Waals surface area contributed by atoms with Crippen molar-refractivity contribution in [1.29, 1.82) is 5.26 Å². The van der Waals surface area contributed by atoms with E-state index >= 15 is 0 Å². The van der Waals surface area contributed by atoms with Crippen LogP contribution in [0.5, 0.6) is 5.75 Å². The van der Waals surface area contributed by atoms with Gasteiger partial charge in [0.25, 0.3) is 5.91 Å². The summed E-state index contributed by atoms with van der Waals surface area (Å²) in [7, 11) is 0. The Hall–Kier alpha value is -2.02. The van der Waals surface area contributed by atoms with Gasteiger partial charge in [-0.05, 0) is 45.2 Å². The summed E-state index contributed by atoms with van der Waals surface area (Å²) in [4.78, 5) is 14.2. The number of amides is 1. The fourth-order valence-electron chi connectivity index (χ4n) is 2.81. The Bertz CT molecular complexity index is 511. The maximum atomic E-state index is 12.3. The summed E-state index contributed by atoms with van der Waals surface area (Å²) < 4.78 is 5.53. The van der Waals surface area contributed by atoms with E-state index < -0.39 is 0 Å². The van der Waals surface area contributed by atoms with Crippen LogP contribution in [-0.4, -0.2) is 29.5 Å². The molecule has 0 bridgehead atoms. The van der Waals surface area contributed by atoms with Crippen LogP contribution in [0.15, 0.2) is 24.3 Å². The lowest BCUT2D eigenvalue weighted by Crippen LogP contribution is -2.49. The first-order valence-corrected chi connectivity index (χ1v) is 7.06. The zero-order chi connectivity index (χ0) is 14.5. The SMILES string of the molecule is C[C@H]1CCC[C@H](C)N1C(=O)COc1ccccc1C#N. The minimum atomic E-state index is -0.00657. The highest BCUT2D eigenvalue weighted by Crippen LogP contribution is 2.23. The Kier molecular flexibility index (Phi) is 4.62. The van der Waals surface area contributed by atoms with Crippen LogP contribution in [-0.2, 0) is 4.79 Å². The third-order valence-corrected chi connectivity index (χ3v) is 3.84. The molecule has 1 amide bonds. The lowest BCUT2D eigenvalue weighted by molar-refractivity contribution is -0.139. The van der Waals surface area contributed by atoms with Gasteiger partial charge in [-0.2, -0.15) is 5.26 Å². The van der Waals surface area contributed by atoms with E-state index in [0.29, 0.717) is 11.3 Å². The zero-order valence-electron chi connectivity index (χ0n) is 12.0. The first-order valence-electron chi connectivity index (χ1n) is 7.06. The van der Waals surface area contributed by atoms with Gasteiger partial charge in [-0.1, -0.05) is 12.1 Å². The van der Waals surface area contributed by atoms with Crippen molar-refractivity contribution in [1.82, 2.24) is 4.90 Å². The quantitative estimate of drug-likeness (QED) is 0.850. The van der Waals surface area contributed by atoms with Gasteiger partial charge in [0.2, 0.25) is 0 Å². The highest BCUT2D eigenvalue weighted by atomic mass is 16.5. The Balaban J connectivity index is 2.00. The van der Waals surface area contributed by atoms with Crippen LogP contribution in [0.2, 0.25) is 0 Å². The molecule has 1 fully saturated rings. The standard InChI is InChI=1S/C16H20N2O2/c1-12-6-5-7-13(2)18(12)16(19)11-20-15-9-4-3-8-14(15)10-17/h3-4,8-9,12-13H,5-7,11H2,1-2H3/t12-,13-/m0/s1. The summed E-state index contributed by atoms with van der Waals surface area (Å²) in [6.07, 6.45) is 3.26. The number of likely N-dealkylation sites (tertiary alicyclic amines) is 1. The van der Waals surface area contributed by atoms with E-state index in [1.165, 1.54) is 6.42 Å². The monoisotopic (exact) mass is 272 g/mol. The van der Waals surface area contributed by atoms with E-state index in [9.17, 15) is 4.79 Å². The van der Waals surface area contributed by atoms with E-state index in [2.05, 4.69) is 19.9 Å². The zero-order valence-corrected chi connectivity index (χ0v) is 12.0. The molecule has 1 aromatic carbocycles. The number of ether oxygens (including phenoxy) is 1. The third-order valence-electron chi connectivity index (χ3n) is 3.84. The summed E-state index contributed by atoms with van der Waals surface area (Å²) >= 11 is 0. The van der Waals surface area contributed by atoms with Crippen molar-refractivity contribution in [3.63, 3.8) is 0 Å². The summed E-state index contributed by atoms with van der Waals surface area (Å²) in [6.45, 7) is 4.15. The molecular formula is C16H20N2O2. The van der Waals surface area contributed by atoms with Crippen molar-refractivity contribution in [2.24, 2.45) is 0 Å². The van der Waals surface area contributed by atoms with Crippen LogP contribution in [0.4, 0.5) is 0 Å². The molecule has 20 heavy (non-hydrogen) atoms. The highest BCUT2D eigenvalue weighted by molar-refractivity contribution is 5.78. The Morgan fingerprint density at radius 2 is 2.00 bits per heavy atom. The van der Waals surface area contributed by atoms with Crippen LogP contribution < -0.4 is 4.74 Å². The number of hydrogen-bond donors (Lipinski definition) is 0. The number of benzene rings is 1. The molecule has 1 saturated heterocycles. The molecule has 0 saturated carbocycles. The van der Waals surface area contributed by atoms with Crippen LogP contribution in [0.25, 0.3) is 0 Å². The molecule has 1 heterocycles. The molecule has 1 aliphatic heterocycles. The van der Waals surface area contributed by atoms with Crippen molar-refractivity contribution in [2.75, 3.05) is 6.61 Å². The molecule has 0 aromatic heterocycles. The Labute approximate surface area is 120 Å². The third kappa shape index (κ3) is 3.11. The second-order valence-electron chi connectivity index (χ2n) is 5.33. The van der Waals surface area contributed by atoms with Crippen molar-refractivity contribution in [2.45, 2.75) is 45.2 Å². The summed E-state index contributed by atoms with van der Waals surface area (Å²) in [5.41, 5.74) is 0.458. The van der Waals surface area contributed by atoms with Crippen molar-refractivity contribution < 1.29 is 9.53 Å². The minimum absolute atomic E-state index is 0.00237. The van der Waals surface area contributed by atoms with Crippen LogP contribution in [0.3, 0.4) is 0 Å². The number of nitrogens with zero attached hydrogens (tertiary/aromatic N) is 2. The van der Waals surface area contributed by atoms with E-state index in [-0.39, 0.29) is 24.6 Å². The summed E-state index contributed by atoms with van der Waals surface area (Å²) in [5.74, 6) is 0.470. The topological polar surface area (TPSA) is 53.3 Å². The molecule has 106 valence electrons. The number of piperidine rings is 1. The van der Waals surface area contributed by atoms with E-state index in [0.717, 1.165) is 12.8 Å². The van der Waals surface area contributed by atoms with Gasteiger partial charge < -0.3 is 9.64 Å². The molecule has 0 unspecified atom stereocenters. The van der Waals surface area contributed by atoms with Gasteiger partial charge in [0.05, 0.1) is 5.56 Å². The average Bonchev–Trinajstić information content (AvgIpc) is 2.45. The van der Waals surface area contributed by atoms with Crippen molar-refractivity contribution in [3.05, 3.63) is 29.8 Å². The lowest BCUT2D eigenvalue weighted by Gasteiger charge is -2.39. The summed E-state index contributed by atoms with van der Waals surface area (Å²) in [5, 5.41) is 8.99. The fourth-order valence-corrected chi connectivity index (χ4v) is 2.81. The van der Waals surface area contributed by atoms with Crippen molar-refractivity contribution in [3.8, 4) is 11.8 Å². The molecule has 0 aliphatic carbocycles. The first-order chi connectivity index (χ1) is 9.63. The molecule has 2 rings (SSSR count). The molecular weight excluding hydrogens is 252 g/mol. The van der Waals surface area contributed by atoms with E-state index in [4.69, 9.17) is 10.00 Å². The lowest BCUT2D eigenvalue weighted by atomic mass is 9.97. The minimum Gasteiger partial charge on any atom is -0.482 e. The van der Waals surface area contributed by atoms with Gasteiger partial charge in [0.15, 0.2) is 6.61 Å². The highest BCUT2D eigenvalue weighted by Gasteiger charge is 2.29. The second-order valence-corrected chi connectivity index (χ2v) is 5.33. The van der Waals surface area contributed by atoms with Gasteiger partial charge >= 0.3 is 0 Å². The van der Waals surface area contributed by atoms with Gasteiger partial charge in [-0.15, -0.1) is 0 Å². The first kappa shape index (κ1) is 14.4. The number of hydrogen-bond acceptors (Lipinski definition) is 3. The van der Waals surface area contributed by atoms with Crippen LogP contribution in [0.1, 0.15) is 38.7 Å². The van der Waals surface area contributed by atoms with Crippen LogP contribution in [0, 0.1) is 11.3 Å². The molecule has 0 radical (unpaired) electrons. The maximum Gasteiger partial charge on any atom is 0.260 e. The van der Waals surface area contributed by atoms with Crippen LogP contribution >= 0.6 is 0 Å². The Morgan fingerprint density at radius 3 is 2.65 bits per heavy atom. The molecule has 4 nitrogen and oxygen atoms in total. The molecule has 1 aromatic rings. The number of carbonyl (C=O) groups is 1.